The molecule has 0 fully saturated rings. The Balaban J connectivity index is 1.84. The molecule has 1 atom stereocenters. The molecule has 0 aromatic heterocycles. The van der Waals surface area contributed by atoms with E-state index in [0.717, 1.165) is 40.7 Å². The fraction of sp³-hybridized carbons (Fsp3) is 0.308. The minimum absolute atomic E-state index is 0.0491. The number of phenols is 1. The van der Waals surface area contributed by atoms with E-state index in [1.54, 1.807) is 7.11 Å². The summed E-state index contributed by atoms with van der Waals surface area (Å²) in [6, 6.07) is 14.5. The van der Waals surface area contributed by atoms with Gasteiger partial charge in [-0.1, -0.05) is 49.1 Å². The zero-order valence-electron chi connectivity index (χ0n) is 17.6. The number of aryl methyl sites for hydroxylation is 2. The number of ether oxygens (including phenoxy) is 2. The van der Waals surface area contributed by atoms with Crippen molar-refractivity contribution in [2.24, 2.45) is 0 Å². The largest absolute Gasteiger partial charge is 0.507 e. The van der Waals surface area contributed by atoms with Gasteiger partial charge in [0.2, 0.25) is 0 Å². The second-order valence-electron chi connectivity index (χ2n) is 7.60. The summed E-state index contributed by atoms with van der Waals surface area (Å²) in [5, 5.41) is 10.1. The molecule has 0 saturated carbocycles. The predicted octanol–water partition coefficient (Wildman–Crippen LogP) is 5.86. The minimum atomic E-state index is 0.0491. The number of hydrogen-bond acceptors (Lipinski definition) is 3. The predicted molar refractivity (Wildman–Crippen MR) is 120 cm³/mol. The highest BCUT2D eigenvalue weighted by Gasteiger charge is 2.22. The number of hydrogen-bond donors (Lipinski definition) is 1. The van der Waals surface area contributed by atoms with Gasteiger partial charge in [0.05, 0.1) is 19.3 Å². The molecule has 1 N–H and O–H groups in total. The zero-order chi connectivity index (χ0) is 20.8. The molecule has 0 saturated heterocycles. The van der Waals surface area contributed by atoms with Crippen molar-refractivity contribution in [2.75, 3.05) is 20.3 Å². The molecule has 0 spiro atoms. The highest BCUT2D eigenvalue weighted by Crippen LogP contribution is 2.31. The van der Waals surface area contributed by atoms with Gasteiger partial charge in [0.25, 0.3) is 0 Å². The molecular weight excluding hydrogens is 360 g/mol. The Hall–Kier alpha value is -2.62. The second kappa shape index (κ2) is 9.73. The number of benzene rings is 2. The normalized spacial score (nSPS) is 16.7. The number of phenolic OH excluding ortho intramolecular Hbond substituents is 1. The maximum Gasteiger partial charge on any atom is 0.121 e. The summed E-state index contributed by atoms with van der Waals surface area (Å²) in [6.45, 7) is 9.18. The average molecular weight is 391 g/mol. The maximum absolute atomic E-state index is 10.1. The molecule has 0 aliphatic carbocycles. The monoisotopic (exact) mass is 390 g/mol. The Morgan fingerprint density at radius 1 is 1.21 bits per heavy atom. The summed E-state index contributed by atoms with van der Waals surface area (Å²) in [6.07, 6.45) is 6.14. The van der Waals surface area contributed by atoms with Crippen molar-refractivity contribution in [2.45, 2.75) is 32.8 Å². The van der Waals surface area contributed by atoms with Gasteiger partial charge < -0.3 is 14.6 Å². The third-order valence-corrected chi connectivity index (χ3v) is 5.35. The lowest BCUT2D eigenvalue weighted by Gasteiger charge is -2.18. The van der Waals surface area contributed by atoms with E-state index >= 15 is 0 Å². The van der Waals surface area contributed by atoms with Gasteiger partial charge in [0.1, 0.15) is 5.75 Å². The number of rotatable bonds is 8. The quantitative estimate of drug-likeness (QED) is 0.574. The third kappa shape index (κ3) is 5.26. The van der Waals surface area contributed by atoms with Crippen LogP contribution in [0, 0.1) is 13.8 Å². The van der Waals surface area contributed by atoms with Crippen molar-refractivity contribution in [3.8, 4) is 5.75 Å². The van der Waals surface area contributed by atoms with Crippen LogP contribution in [0.1, 0.15) is 35.1 Å². The lowest BCUT2D eigenvalue weighted by Crippen LogP contribution is -2.13. The van der Waals surface area contributed by atoms with Crippen molar-refractivity contribution in [1.29, 1.82) is 0 Å². The van der Waals surface area contributed by atoms with Gasteiger partial charge in [-0.05, 0) is 77.8 Å². The SMILES string of the molecule is C=C(COC)C1=CCOC1CC/C(=C/c1cc(C)c(O)c(C)c1)c1ccccc1. The number of methoxy groups -OCH3 is 1. The smallest absolute Gasteiger partial charge is 0.121 e. The van der Waals surface area contributed by atoms with E-state index in [4.69, 9.17) is 9.47 Å². The summed E-state index contributed by atoms with van der Waals surface area (Å²) in [5.74, 6) is 0.370. The lowest BCUT2D eigenvalue weighted by atomic mass is 9.93. The van der Waals surface area contributed by atoms with E-state index in [1.165, 1.54) is 11.1 Å². The van der Waals surface area contributed by atoms with Crippen LogP contribution in [0.3, 0.4) is 0 Å². The van der Waals surface area contributed by atoms with E-state index < -0.39 is 0 Å². The molecular formula is C26H30O3. The molecule has 1 aliphatic rings. The number of allylic oxidation sites excluding steroid dienone is 1. The van der Waals surface area contributed by atoms with Gasteiger partial charge in [-0.2, -0.15) is 0 Å². The standard InChI is InChI=1S/C26H30O3/c1-18-14-21(15-19(2)26(18)27)16-23(22-8-6-5-7-9-22)10-11-25-24(12-13-29-25)20(3)17-28-4/h5-9,12,14-16,25,27H,3,10-11,13,17H2,1-2,4H3/b23-16-. The van der Waals surface area contributed by atoms with E-state index in [9.17, 15) is 5.11 Å². The Kier molecular flexibility index (Phi) is 7.08. The topological polar surface area (TPSA) is 38.7 Å². The summed E-state index contributed by atoms with van der Waals surface area (Å²) in [7, 11) is 1.69. The van der Waals surface area contributed by atoms with Crippen LogP contribution >= 0.6 is 0 Å². The Morgan fingerprint density at radius 2 is 1.90 bits per heavy atom. The molecule has 1 aliphatic heterocycles. The Bertz CT molecular complexity index is 899. The van der Waals surface area contributed by atoms with Gasteiger partial charge in [0.15, 0.2) is 0 Å². The van der Waals surface area contributed by atoms with Crippen LogP contribution in [0.15, 0.2) is 66.3 Å². The summed E-state index contributed by atoms with van der Waals surface area (Å²) < 4.78 is 11.2. The molecule has 152 valence electrons. The van der Waals surface area contributed by atoms with Crippen LogP contribution in [0.2, 0.25) is 0 Å². The van der Waals surface area contributed by atoms with Crippen molar-refractivity contribution in [3.05, 3.63) is 88.5 Å². The van der Waals surface area contributed by atoms with Crippen LogP contribution in [0.25, 0.3) is 11.6 Å². The highest BCUT2D eigenvalue weighted by atomic mass is 16.5. The van der Waals surface area contributed by atoms with Crippen molar-refractivity contribution >= 4 is 11.6 Å². The third-order valence-electron chi connectivity index (χ3n) is 5.35. The second-order valence-corrected chi connectivity index (χ2v) is 7.60. The van der Waals surface area contributed by atoms with Crippen LogP contribution < -0.4 is 0 Å². The molecule has 0 radical (unpaired) electrons. The van der Waals surface area contributed by atoms with E-state index in [1.807, 2.05) is 32.0 Å². The minimum Gasteiger partial charge on any atom is -0.507 e. The molecule has 29 heavy (non-hydrogen) atoms. The molecule has 1 heterocycles. The fourth-order valence-electron chi connectivity index (χ4n) is 3.86. The first kappa shape index (κ1) is 21.1. The summed E-state index contributed by atoms with van der Waals surface area (Å²) in [5.41, 5.74) is 7.49. The van der Waals surface area contributed by atoms with E-state index in [0.29, 0.717) is 19.0 Å². The van der Waals surface area contributed by atoms with Gasteiger partial charge in [-0.25, -0.2) is 0 Å². The molecule has 0 bridgehead atoms. The first-order valence-corrected chi connectivity index (χ1v) is 10.0. The van der Waals surface area contributed by atoms with Gasteiger partial charge in [-0.3, -0.25) is 0 Å². The van der Waals surface area contributed by atoms with Gasteiger partial charge >= 0.3 is 0 Å². The average Bonchev–Trinajstić information content (AvgIpc) is 3.19. The summed E-state index contributed by atoms with van der Waals surface area (Å²) in [4.78, 5) is 0. The molecule has 0 amide bonds. The van der Waals surface area contributed by atoms with Gasteiger partial charge in [-0.15, -0.1) is 0 Å². The Morgan fingerprint density at radius 3 is 2.55 bits per heavy atom. The molecule has 3 rings (SSSR count). The van der Waals surface area contributed by atoms with Crippen LogP contribution in [-0.4, -0.2) is 31.5 Å². The molecule has 1 unspecified atom stereocenters. The zero-order valence-corrected chi connectivity index (χ0v) is 17.6. The number of aromatic hydroxyl groups is 1. The van der Waals surface area contributed by atoms with Crippen molar-refractivity contribution < 1.29 is 14.6 Å². The van der Waals surface area contributed by atoms with Crippen LogP contribution in [0.4, 0.5) is 0 Å². The lowest BCUT2D eigenvalue weighted by molar-refractivity contribution is 0.116. The Labute approximate surface area is 174 Å². The molecule has 2 aromatic rings. The maximum atomic E-state index is 10.1. The molecule has 3 heteroatoms. The van der Waals surface area contributed by atoms with E-state index in [2.05, 4.69) is 43.0 Å². The van der Waals surface area contributed by atoms with Crippen LogP contribution in [-0.2, 0) is 9.47 Å². The first-order valence-electron chi connectivity index (χ1n) is 10.0. The summed E-state index contributed by atoms with van der Waals surface area (Å²) >= 11 is 0. The molecule has 2 aromatic carbocycles. The van der Waals surface area contributed by atoms with Crippen molar-refractivity contribution in [1.82, 2.24) is 0 Å². The van der Waals surface area contributed by atoms with Gasteiger partial charge in [0, 0.05) is 7.11 Å². The molecule has 3 nitrogen and oxygen atoms in total. The first-order chi connectivity index (χ1) is 14.0. The van der Waals surface area contributed by atoms with Crippen molar-refractivity contribution in [3.63, 3.8) is 0 Å². The van der Waals surface area contributed by atoms with E-state index in [-0.39, 0.29) is 6.10 Å². The highest BCUT2D eigenvalue weighted by molar-refractivity contribution is 5.82. The fourth-order valence-corrected chi connectivity index (χ4v) is 3.86. The van der Waals surface area contributed by atoms with Crippen LogP contribution in [0.5, 0.6) is 5.75 Å².